The van der Waals surface area contributed by atoms with Gasteiger partial charge in [0.2, 0.25) is 11.8 Å². The summed E-state index contributed by atoms with van der Waals surface area (Å²) >= 11 is 0. The molecule has 0 radical (unpaired) electrons. The summed E-state index contributed by atoms with van der Waals surface area (Å²) < 4.78 is 0. The molecule has 2 aromatic rings. The Kier molecular flexibility index (Phi) is 7.72. The molecular weight excluding hydrogens is 444 g/mol. The number of fused-ring (bicyclic) bond motifs is 5. The second-order valence-corrected chi connectivity index (χ2v) is 8.29. The molecule has 3 rings (SSSR count). The van der Waals surface area contributed by atoms with Gasteiger partial charge in [-0.05, 0) is 46.5 Å². The minimum atomic E-state index is -1.43. The van der Waals surface area contributed by atoms with Crippen molar-refractivity contribution in [1.82, 2.24) is 10.6 Å². The Balaban J connectivity index is 2.09. The van der Waals surface area contributed by atoms with Gasteiger partial charge in [-0.25, -0.2) is 4.79 Å². The molecule has 1 aliphatic heterocycles. The number of benzene rings is 2. The molecule has 0 fully saturated rings. The first-order chi connectivity index (χ1) is 16.1. The molecule has 182 valence electrons. The number of carbonyl (C=O) groups is 3. The van der Waals surface area contributed by atoms with Crippen molar-refractivity contribution >= 4 is 17.8 Å². The molecule has 1 aliphatic rings. The molecule has 0 spiro atoms. The van der Waals surface area contributed by atoms with Gasteiger partial charge in [0, 0.05) is 25.8 Å². The van der Waals surface area contributed by atoms with Crippen LogP contribution in [0, 0.1) is 0 Å². The van der Waals surface area contributed by atoms with Gasteiger partial charge in [-0.3, -0.25) is 9.59 Å². The number of hydrogen-bond donors (Lipinski definition) is 8. The largest absolute Gasteiger partial charge is 0.508 e. The summed E-state index contributed by atoms with van der Waals surface area (Å²) in [6.07, 6.45) is -1.71. The fourth-order valence-corrected chi connectivity index (χ4v) is 3.76. The minimum Gasteiger partial charge on any atom is -0.508 e. The number of nitrogens with two attached hydrogens (primary N) is 2. The topological polar surface area (TPSA) is 208 Å². The van der Waals surface area contributed by atoms with Crippen LogP contribution in [0.15, 0.2) is 36.4 Å². The second kappa shape index (κ2) is 10.5. The normalized spacial score (nSPS) is 22.0. The minimum absolute atomic E-state index is 0.0536. The lowest BCUT2D eigenvalue weighted by molar-refractivity contribution is -0.142. The third kappa shape index (κ3) is 5.81. The molecule has 1 heterocycles. The Labute approximate surface area is 195 Å². The van der Waals surface area contributed by atoms with E-state index in [9.17, 15) is 34.8 Å². The smallest absolute Gasteiger partial charge is 0.326 e. The van der Waals surface area contributed by atoms with Crippen LogP contribution in [0.1, 0.15) is 17.5 Å². The number of rotatable bonds is 4. The van der Waals surface area contributed by atoms with Crippen LogP contribution in [0.5, 0.6) is 11.5 Å². The van der Waals surface area contributed by atoms with Crippen LogP contribution in [0.2, 0.25) is 0 Å². The highest BCUT2D eigenvalue weighted by atomic mass is 16.4. The van der Waals surface area contributed by atoms with E-state index in [1.807, 2.05) is 0 Å². The predicted octanol–water partition coefficient (Wildman–Crippen LogP) is -1.05. The van der Waals surface area contributed by atoms with E-state index < -0.39 is 42.0 Å². The van der Waals surface area contributed by atoms with E-state index in [2.05, 4.69) is 10.6 Å². The fourth-order valence-electron chi connectivity index (χ4n) is 3.76. The van der Waals surface area contributed by atoms with Gasteiger partial charge in [0.1, 0.15) is 23.6 Å². The SMILES string of the molecule is NC[C@H](O)C[C@@H]1NC(=O)[C@@H](N)Cc2cc(ccc2O)-c2ccc(O)c(c2)C[C@@H](C(=O)O)NC1=O. The maximum Gasteiger partial charge on any atom is 0.326 e. The van der Waals surface area contributed by atoms with Gasteiger partial charge in [-0.15, -0.1) is 0 Å². The van der Waals surface area contributed by atoms with E-state index in [0.717, 1.165) is 0 Å². The Morgan fingerprint density at radius 2 is 1.53 bits per heavy atom. The first kappa shape index (κ1) is 25.0. The summed E-state index contributed by atoms with van der Waals surface area (Å²) in [5, 5.41) is 45.0. The van der Waals surface area contributed by atoms with Gasteiger partial charge in [0.25, 0.3) is 0 Å². The molecule has 4 atom stereocenters. The number of aliphatic carboxylic acids is 1. The summed E-state index contributed by atoms with van der Waals surface area (Å²) in [6, 6.07) is 5.46. The molecule has 10 N–H and O–H groups in total. The van der Waals surface area contributed by atoms with Crippen LogP contribution < -0.4 is 22.1 Å². The van der Waals surface area contributed by atoms with Crippen LogP contribution >= 0.6 is 0 Å². The number of carboxylic acid groups (broad SMARTS) is 1. The predicted molar refractivity (Wildman–Crippen MR) is 122 cm³/mol. The van der Waals surface area contributed by atoms with Crippen LogP contribution in [0.25, 0.3) is 11.1 Å². The number of nitrogens with one attached hydrogen (secondary N) is 2. The number of aliphatic hydroxyl groups is 1. The highest BCUT2D eigenvalue weighted by molar-refractivity contribution is 5.92. The molecule has 0 aliphatic carbocycles. The Hall–Kier alpha value is -3.67. The Morgan fingerprint density at radius 3 is 2.06 bits per heavy atom. The third-order valence-corrected chi connectivity index (χ3v) is 5.72. The number of aromatic hydroxyl groups is 2. The van der Waals surface area contributed by atoms with Gasteiger partial charge in [0.15, 0.2) is 0 Å². The number of amides is 2. The second-order valence-electron chi connectivity index (χ2n) is 8.29. The molecular formula is C23H28N4O7. The zero-order valence-electron chi connectivity index (χ0n) is 18.3. The van der Waals surface area contributed by atoms with Crippen molar-refractivity contribution in [2.45, 2.75) is 43.5 Å². The first-order valence-corrected chi connectivity index (χ1v) is 10.7. The molecule has 0 saturated carbocycles. The molecule has 11 heteroatoms. The molecule has 0 aromatic heterocycles. The van der Waals surface area contributed by atoms with Gasteiger partial charge in [-0.2, -0.15) is 0 Å². The lowest BCUT2D eigenvalue weighted by Crippen LogP contribution is -2.56. The lowest BCUT2D eigenvalue weighted by atomic mass is 9.95. The number of hydrogen-bond acceptors (Lipinski definition) is 8. The summed E-state index contributed by atoms with van der Waals surface area (Å²) in [5.41, 5.74) is 13.4. The number of phenols is 2. The summed E-state index contributed by atoms with van der Waals surface area (Å²) in [5.74, 6) is -3.16. The van der Waals surface area contributed by atoms with Crippen LogP contribution in [-0.2, 0) is 27.2 Å². The average Bonchev–Trinajstić information content (AvgIpc) is 2.79. The molecule has 0 saturated heterocycles. The molecule has 34 heavy (non-hydrogen) atoms. The van der Waals surface area contributed by atoms with Crippen molar-refractivity contribution in [2.24, 2.45) is 11.5 Å². The first-order valence-electron chi connectivity index (χ1n) is 10.7. The fraction of sp³-hybridized carbons (Fsp3) is 0.348. The van der Waals surface area contributed by atoms with Crippen molar-refractivity contribution in [2.75, 3.05) is 6.54 Å². The highest BCUT2D eigenvalue weighted by Gasteiger charge is 2.30. The zero-order valence-corrected chi connectivity index (χ0v) is 18.3. The Bertz CT molecular complexity index is 1090. The number of phenolic OH excluding ortho intramolecular Hbond substituents is 2. The van der Waals surface area contributed by atoms with E-state index in [-0.39, 0.29) is 42.9 Å². The maximum atomic E-state index is 12.9. The summed E-state index contributed by atoms with van der Waals surface area (Å²) in [6.45, 7) is -0.185. The van der Waals surface area contributed by atoms with E-state index >= 15 is 0 Å². The average molecular weight is 472 g/mol. The van der Waals surface area contributed by atoms with E-state index in [4.69, 9.17) is 11.5 Å². The van der Waals surface area contributed by atoms with Crippen molar-refractivity contribution in [3.05, 3.63) is 47.5 Å². The molecule has 0 unspecified atom stereocenters. The van der Waals surface area contributed by atoms with E-state index in [0.29, 0.717) is 16.7 Å². The summed E-state index contributed by atoms with van der Waals surface area (Å²) in [7, 11) is 0. The Morgan fingerprint density at radius 1 is 0.971 bits per heavy atom. The monoisotopic (exact) mass is 472 g/mol. The van der Waals surface area contributed by atoms with Crippen LogP contribution in [0.3, 0.4) is 0 Å². The lowest BCUT2D eigenvalue weighted by Gasteiger charge is -2.24. The van der Waals surface area contributed by atoms with Gasteiger partial charge in [0.05, 0.1) is 12.1 Å². The van der Waals surface area contributed by atoms with Crippen molar-refractivity contribution in [3.8, 4) is 22.6 Å². The van der Waals surface area contributed by atoms with E-state index in [1.54, 1.807) is 24.3 Å². The van der Waals surface area contributed by atoms with Crippen LogP contribution in [0.4, 0.5) is 0 Å². The summed E-state index contributed by atoms with van der Waals surface area (Å²) in [4.78, 5) is 37.5. The number of carboxylic acids is 1. The van der Waals surface area contributed by atoms with Crippen molar-refractivity contribution < 1.29 is 34.8 Å². The molecule has 11 nitrogen and oxygen atoms in total. The van der Waals surface area contributed by atoms with Gasteiger partial charge in [-0.1, -0.05) is 12.1 Å². The van der Waals surface area contributed by atoms with Crippen molar-refractivity contribution in [3.63, 3.8) is 0 Å². The maximum absolute atomic E-state index is 12.9. The number of aliphatic hydroxyl groups excluding tert-OH is 1. The zero-order chi connectivity index (χ0) is 25.0. The molecule has 2 amide bonds. The molecule has 4 bridgehead atoms. The van der Waals surface area contributed by atoms with E-state index in [1.165, 1.54) is 12.1 Å². The van der Waals surface area contributed by atoms with Gasteiger partial charge < -0.3 is 42.5 Å². The highest BCUT2D eigenvalue weighted by Crippen LogP contribution is 2.30. The third-order valence-electron chi connectivity index (χ3n) is 5.72. The molecule has 2 aromatic carbocycles. The van der Waals surface area contributed by atoms with Gasteiger partial charge >= 0.3 is 5.97 Å². The van der Waals surface area contributed by atoms with Crippen molar-refractivity contribution in [1.29, 1.82) is 0 Å². The quantitative estimate of drug-likeness (QED) is 0.273. The number of carbonyl (C=O) groups excluding carboxylic acids is 2. The van der Waals surface area contributed by atoms with Crippen LogP contribution in [-0.4, -0.2) is 69.0 Å². The standard InChI is InChI=1S/C23H28N4O7/c24-10-15(28)9-17-22(32)27-18(23(33)34)8-14-6-12(2-4-20(14)30)11-1-3-19(29)13(5-11)7-16(25)21(31)26-17/h1-6,15-18,28-30H,7-10,24-25H2,(H,26,31)(H,27,32)(H,33,34)/t15-,16+,17+,18+/m1/s1.